The summed E-state index contributed by atoms with van der Waals surface area (Å²) in [5.41, 5.74) is 2.33. The molecule has 0 bridgehead atoms. The minimum Gasteiger partial charge on any atom is -0.497 e. The summed E-state index contributed by atoms with van der Waals surface area (Å²) in [5, 5.41) is 15.7. The molecule has 0 saturated heterocycles. The van der Waals surface area contributed by atoms with Gasteiger partial charge in [-0.25, -0.2) is 4.98 Å². The summed E-state index contributed by atoms with van der Waals surface area (Å²) in [4.78, 5) is 26.6. The number of ether oxygens (including phenoxy) is 1. The van der Waals surface area contributed by atoms with Gasteiger partial charge in [-0.3, -0.25) is 20.2 Å². The predicted octanol–water partition coefficient (Wildman–Crippen LogP) is 4.38. The Kier molecular flexibility index (Phi) is 5.58. The quantitative estimate of drug-likeness (QED) is 0.388. The average Bonchev–Trinajstić information content (AvgIpc) is 3.15. The molecule has 0 unspecified atom stereocenters. The molecule has 1 heterocycles. The Balaban J connectivity index is 1.64. The molecule has 1 N–H and O–H groups in total. The van der Waals surface area contributed by atoms with Crippen LogP contribution in [-0.2, 0) is 4.79 Å². The lowest BCUT2D eigenvalue weighted by molar-refractivity contribution is -0.384. The Bertz CT molecular complexity index is 996. The van der Waals surface area contributed by atoms with Gasteiger partial charge in [-0.15, -0.1) is 11.3 Å². The molecular formula is C19H15N3O4S. The lowest BCUT2D eigenvalue weighted by atomic mass is 10.2. The molecule has 136 valence electrons. The molecule has 3 rings (SSSR count). The summed E-state index contributed by atoms with van der Waals surface area (Å²) in [6.45, 7) is 0. The predicted molar refractivity (Wildman–Crippen MR) is 105 cm³/mol. The molecule has 0 fully saturated rings. The average molecular weight is 381 g/mol. The van der Waals surface area contributed by atoms with Crippen molar-refractivity contribution >= 4 is 34.1 Å². The highest BCUT2D eigenvalue weighted by atomic mass is 32.1. The summed E-state index contributed by atoms with van der Waals surface area (Å²) < 4.78 is 5.20. The molecule has 0 aliphatic carbocycles. The molecular weight excluding hydrogens is 366 g/mol. The van der Waals surface area contributed by atoms with Crippen LogP contribution >= 0.6 is 11.3 Å². The summed E-state index contributed by atoms with van der Waals surface area (Å²) >= 11 is 1.32. The number of nitrogens with zero attached hydrogens (tertiary/aromatic N) is 2. The maximum absolute atomic E-state index is 12.0. The molecule has 0 saturated carbocycles. The van der Waals surface area contributed by atoms with E-state index in [-0.39, 0.29) is 11.6 Å². The van der Waals surface area contributed by atoms with E-state index in [1.54, 1.807) is 25.3 Å². The van der Waals surface area contributed by atoms with Gasteiger partial charge in [0.25, 0.3) is 5.69 Å². The number of amides is 1. The minimum atomic E-state index is -0.470. The monoisotopic (exact) mass is 381 g/mol. The zero-order chi connectivity index (χ0) is 19.2. The number of carbonyl (C=O) groups is 1. The maximum atomic E-state index is 12.0. The summed E-state index contributed by atoms with van der Waals surface area (Å²) in [6.07, 6.45) is 2.93. The molecule has 0 aliphatic rings. The van der Waals surface area contributed by atoms with Crippen LogP contribution in [-0.4, -0.2) is 22.9 Å². The summed E-state index contributed by atoms with van der Waals surface area (Å²) in [7, 11) is 1.60. The van der Waals surface area contributed by atoms with Gasteiger partial charge in [0.05, 0.1) is 17.7 Å². The first-order valence-electron chi connectivity index (χ1n) is 7.88. The Hall–Kier alpha value is -3.52. The molecule has 8 heteroatoms. The van der Waals surface area contributed by atoms with Crippen molar-refractivity contribution in [1.82, 2.24) is 4.98 Å². The van der Waals surface area contributed by atoms with E-state index < -0.39 is 4.92 Å². The molecule has 1 amide bonds. The molecule has 2 aromatic carbocycles. The van der Waals surface area contributed by atoms with Crippen molar-refractivity contribution in [2.75, 3.05) is 12.4 Å². The van der Waals surface area contributed by atoms with Crippen LogP contribution in [0, 0.1) is 10.1 Å². The van der Waals surface area contributed by atoms with Gasteiger partial charge in [-0.2, -0.15) is 0 Å². The van der Waals surface area contributed by atoms with Crippen molar-refractivity contribution in [2.45, 2.75) is 0 Å². The van der Waals surface area contributed by atoms with Crippen molar-refractivity contribution in [1.29, 1.82) is 0 Å². The number of nitro benzene ring substituents is 1. The number of methoxy groups -OCH3 is 1. The van der Waals surface area contributed by atoms with Gasteiger partial charge in [0.15, 0.2) is 5.13 Å². The van der Waals surface area contributed by atoms with E-state index in [9.17, 15) is 14.9 Å². The van der Waals surface area contributed by atoms with Gasteiger partial charge in [-0.1, -0.05) is 12.1 Å². The first-order chi connectivity index (χ1) is 13.0. The highest BCUT2D eigenvalue weighted by Crippen LogP contribution is 2.27. The third kappa shape index (κ3) is 4.77. The number of thiazole rings is 1. The number of hydrogen-bond donors (Lipinski definition) is 1. The molecule has 7 nitrogen and oxygen atoms in total. The molecule has 0 spiro atoms. The topological polar surface area (TPSA) is 94.4 Å². The molecule has 0 radical (unpaired) electrons. The van der Waals surface area contributed by atoms with Crippen molar-refractivity contribution in [3.63, 3.8) is 0 Å². The van der Waals surface area contributed by atoms with Gasteiger partial charge in [0.1, 0.15) is 5.75 Å². The van der Waals surface area contributed by atoms with Gasteiger partial charge < -0.3 is 4.74 Å². The Morgan fingerprint density at radius 2 is 2.04 bits per heavy atom. The third-order valence-electron chi connectivity index (χ3n) is 3.63. The lowest BCUT2D eigenvalue weighted by Crippen LogP contribution is -2.07. The number of nitro groups is 1. The van der Waals surface area contributed by atoms with Crippen LogP contribution in [0.5, 0.6) is 5.75 Å². The lowest BCUT2D eigenvalue weighted by Gasteiger charge is -2.01. The highest BCUT2D eigenvalue weighted by molar-refractivity contribution is 7.14. The second-order valence-electron chi connectivity index (χ2n) is 5.44. The Morgan fingerprint density at radius 3 is 2.74 bits per heavy atom. The van der Waals surface area contributed by atoms with Crippen LogP contribution in [0.2, 0.25) is 0 Å². The van der Waals surface area contributed by atoms with E-state index in [0.717, 1.165) is 17.0 Å². The zero-order valence-corrected chi connectivity index (χ0v) is 15.1. The minimum absolute atomic E-state index is 0.00413. The molecule has 1 aromatic heterocycles. The van der Waals surface area contributed by atoms with E-state index in [2.05, 4.69) is 10.3 Å². The number of carbonyl (C=O) groups excluding carboxylic acids is 1. The van der Waals surface area contributed by atoms with E-state index >= 15 is 0 Å². The van der Waals surface area contributed by atoms with E-state index in [0.29, 0.717) is 10.7 Å². The van der Waals surface area contributed by atoms with Crippen LogP contribution < -0.4 is 10.1 Å². The van der Waals surface area contributed by atoms with Gasteiger partial charge >= 0.3 is 0 Å². The van der Waals surface area contributed by atoms with Crippen molar-refractivity contribution in [3.05, 3.63) is 75.7 Å². The van der Waals surface area contributed by atoms with Gasteiger partial charge in [-0.05, 0) is 35.9 Å². The standard InChI is InChI=1S/C19H15N3O4S/c1-26-16-4-2-3-14(11-16)17-12-27-19(20-17)21-18(23)10-7-13-5-8-15(9-6-13)22(24)25/h2-12H,1H3,(H,20,21,23). The second kappa shape index (κ2) is 8.24. The van der Waals surface area contributed by atoms with Crippen LogP contribution in [0.1, 0.15) is 5.56 Å². The number of benzene rings is 2. The SMILES string of the molecule is COc1cccc(-c2csc(NC(=O)C=Cc3ccc([N+](=O)[O-])cc3)n2)c1. The van der Waals surface area contributed by atoms with E-state index in [1.807, 2.05) is 29.6 Å². The van der Waals surface area contributed by atoms with Crippen molar-refractivity contribution in [3.8, 4) is 17.0 Å². The third-order valence-corrected chi connectivity index (χ3v) is 4.39. The van der Waals surface area contributed by atoms with Crippen LogP contribution in [0.4, 0.5) is 10.8 Å². The fraction of sp³-hybridized carbons (Fsp3) is 0.0526. The largest absolute Gasteiger partial charge is 0.497 e. The Morgan fingerprint density at radius 1 is 1.26 bits per heavy atom. The van der Waals surface area contributed by atoms with Crippen LogP contribution in [0.3, 0.4) is 0 Å². The number of anilines is 1. The summed E-state index contributed by atoms with van der Waals surface area (Å²) in [6, 6.07) is 13.4. The van der Waals surface area contributed by atoms with Crippen molar-refractivity contribution in [2.24, 2.45) is 0 Å². The Labute approximate surface area is 159 Å². The first kappa shape index (κ1) is 18.3. The smallest absolute Gasteiger partial charge is 0.269 e. The van der Waals surface area contributed by atoms with Gasteiger partial charge in [0.2, 0.25) is 5.91 Å². The first-order valence-corrected chi connectivity index (χ1v) is 8.76. The number of nitrogens with one attached hydrogen (secondary N) is 1. The second-order valence-corrected chi connectivity index (χ2v) is 6.30. The van der Waals surface area contributed by atoms with Crippen LogP contribution in [0.15, 0.2) is 60.0 Å². The molecule has 0 aliphatic heterocycles. The number of hydrogen-bond acceptors (Lipinski definition) is 6. The fourth-order valence-corrected chi connectivity index (χ4v) is 2.99. The number of rotatable bonds is 6. The fourth-order valence-electron chi connectivity index (χ4n) is 2.27. The highest BCUT2D eigenvalue weighted by Gasteiger charge is 2.07. The number of non-ortho nitro benzene ring substituents is 1. The van der Waals surface area contributed by atoms with Crippen LogP contribution in [0.25, 0.3) is 17.3 Å². The summed E-state index contributed by atoms with van der Waals surface area (Å²) in [5.74, 6) is 0.400. The van der Waals surface area contributed by atoms with E-state index in [4.69, 9.17) is 4.74 Å². The zero-order valence-electron chi connectivity index (χ0n) is 14.3. The molecule has 3 aromatic rings. The normalized spacial score (nSPS) is 10.7. The number of aromatic nitrogens is 1. The molecule has 27 heavy (non-hydrogen) atoms. The van der Waals surface area contributed by atoms with Crippen molar-refractivity contribution < 1.29 is 14.5 Å². The van der Waals surface area contributed by atoms with E-state index in [1.165, 1.54) is 29.5 Å². The maximum Gasteiger partial charge on any atom is 0.269 e. The van der Waals surface area contributed by atoms with Gasteiger partial charge in [0, 0.05) is 29.2 Å². The molecule has 0 atom stereocenters.